The predicted octanol–water partition coefficient (Wildman–Crippen LogP) is 6.05. The average molecular weight is 496 g/mol. The van der Waals surface area contributed by atoms with Crippen molar-refractivity contribution in [2.75, 3.05) is 39.3 Å². The molecule has 4 nitrogen and oxygen atoms in total. The monoisotopic (exact) mass is 495 g/mol. The van der Waals surface area contributed by atoms with Crippen LogP contribution in [0, 0.1) is 6.92 Å². The quantitative estimate of drug-likeness (QED) is 0.305. The topological polar surface area (TPSA) is 28.6 Å². The smallest absolute Gasteiger partial charge is 0.139 e. The first-order valence-corrected chi connectivity index (χ1v) is 13.8. The Morgan fingerprint density at radius 1 is 0.861 bits per heavy atom. The van der Waals surface area contributed by atoms with Gasteiger partial charge in [0.25, 0.3) is 0 Å². The minimum absolute atomic E-state index is 0.365. The lowest BCUT2D eigenvalue weighted by Crippen LogP contribution is -2.47. The zero-order valence-electron chi connectivity index (χ0n) is 20.9. The van der Waals surface area contributed by atoms with Crippen LogP contribution in [0.5, 0.6) is 5.75 Å². The summed E-state index contributed by atoms with van der Waals surface area (Å²) in [7, 11) is 0. The molecule has 0 unspecified atom stereocenters. The maximum Gasteiger partial charge on any atom is 0.139 e. The Morgan fingerprint density at radius 3 is 2.28 bits per heavy atom. The molecule has 0 N–H and O–H groups in total. The summed E-state index contributed by atoms with van der Waals surface area (Å²) in [5.41, 5.74) is 7.04. The Morgan fingerprint density at radius 2 is 1.56 bits per heavy atom. The van der Waals surface area contributed by atoms with Crippen LogP contribution in [0.25, 0.3) is 10.2 Å². The molecule has 0 radical (unpaired) electrons. The molecule has 0 spiro atoms. The van der Waals surface area contributed by atoms with Crippen LogP contribution in [0.3, 0.4) is 0 Å². The van der Waals surface area contributed by atoms with E-state index in [2.05, 4.69) is 75.5 Å². The van der Waals surface area contributed by atoms with Crippen molar-refractivity contribution in [1.82, 2.24) is 14.8 Å². The van der Waals surface area contributed by atoms with E-state index < -0.39 is 0 Å². The van der Waals surface area contributed by atoms with Gasteiger partial charge in [0.2, 0.25) is 0 Å². The van der Waals surface area contributed by atoms with Crippen LogP contribution < -0.4 is 4.74 Å². The van der Waals surface area contributed by atoms with E-state index in [0.717, 1.165) is 66.5 Å². The summed E-state index contributed by atoms with van der Waals surface area (Å²) in [5.74, 6) is 0.931. The molecule has 184 valence electrons. The molecule has 1 fully saturated rings. The Kier molecular flexibility index (Phi) is 6.86. The fraction of sp³-hybridized carbons (Fsp3) is 0.323. The number of benzene rings is 3. The van der Waals surface area contributed by atoms with Gasteiger partial charge < -0.3 is 4.74 Å². The summed E-state index contributed by atoms with van der Waals surface area (Å²) in [5, 5.41) is 1.08. The molecule has 1 aliphatic heterocycles. The largest absolute Gasteiger partial charge is 0.488 e. The number of thiazole rings is 1. The Balaban J connectivity index is 1.06. The van der Waals surface area contributed by atoms with Gasteiger partial charge in [0.1, 0.15) is 12.4 Å². The van der Waals surface area contributed by atoms with Crippen molar-refractivity contribution >= 4 is 21.6 Å². The van der Waals surface area contributed by atoms with Crippen LogP contribution in [0.4, 0.5) is 0 Å². The highest BCUT2D eigenvalue weighted by atomic mass is 32.1. The molecule has 2 aliphatic rings. The molecule has 1 aromatic heterocycles. The van der Waals surface area contributed by atoms with Gasteiger partial charge in [0.05, 0.1) is 21.3 Å². The van der Waals surface area contributed by atoms with Gasteiger partial charge in [-0.2, -0.15) is 0 Å². The Bertz CT molecular complexity index is 1320. The first-order valence-electron chi connectivity index (χ1n) is 13.0. The van der Waals surface area contributed by atoms with Crippen molar-refractivity contribution in [3.8, 4) is 5.75 Å². The minimum atomic E-state index is 0.365. The van der Waals surface area contributed by atoms with E-state index in [1.165, 1.54) is 22.3 Å². The summed E-state index contributed by atoms with van der Waals surface area (Å²) in [6.45, 7) is 7.96. The van der Waals surface area contributed by atoms with E-state index in [1.54, 1.807) is 11.3 Å². The van der Waals surface area contributed by atoms with Crippen LogP contribution in [0.15, 0.2) is 78.9 Å². The van der Waals surface area contributed by atoms with Gasteiger partial charge >= 0.3 is 0 Å². The number of rotatable bonds is 6. The lowest BCUT2D eigenvalue weighted by Gasteiger charge is -2.40. The molecule has 2 heterocycles. The van der Waals surface area contributed by atoms with Crippen LogP contribution in [-0.4, -0.2) is 54.1 Å². The molecule has 0 saturated carbocycles. The molecule has 0 amide bonds. The standard InChI is InChI=1S/C31H33N3OS/c1-23-32-28-13-8-14-29(31(28)36-23)35-22-7-6-17-33-18-20-34(21-19-33)30-26-11-4-2-9-24(26)15-16-25-10-3-5-12-27(25)30/h2-14,30H,15-22H2,1H3. The van der Waals surface area contributed by atoms with E-state index in [1.807, 2.05) is 25.1 Å². The summed E-state index contributed by atoms with van der Waals surface area (Å²) in [6.07, 6.45) is 6.67. The Labute approximate surface area is 217 Å². The lowest BCUT2D eigenvalue weighted by atomic mass is 9.93. The van der Waals surface area contributed by atoms with Crippen LogP contribution in [-0.2, 0) is 12.8 Å². The van der Waals surface area contributed by atoms with E-state index in [4.69, 9.17) is 4.74 Å². The van der Waals surface area contributed by atoms with E-state index >= 15 is 0 Å². The van der Waals surface area contributed by atoms with Crippen molar-refractivity contribution < 1.29 is 4.74 Å². The van der Waals surface area contributed by atoms with Gasteiger partial charge in [-0.3, -0.25) is 9.80 Å². The van der Waals surface area contributed by atoms with E-state index in [-0.39, 0.29) is 0 Å². The maximum absolute atomic E-state index is 6.05. The summed E-state index contributed by atoms with van der Waals surface area (Å²) in [6, 6.07) is 24.6. The number of fused-ring (bicyclic) bond motifs is 3. The zero-order chi connectivity index (χ0) is 24.3. The highest BCUT2D eigenvalue weighted by molar-refractivity contribution is 7.18. The molecule has 36 heavy (non-hydrogen) atoms. The van der Waals surface area contributed by atoms with Crippen molar-refractivity contribution in [1.29, 1.82) is 0 Å². The number of piperazine rings is 1. The second-order valence-electron chi connectivity index (χ2n) is 9.76. The molecule has 1 saturated heterocycles. The van der Waals surface area contributed by atoms with Crippen molar-refractivity contribution in [3.05, 3.63) is 106 Å². The maximum atomic E-state index is 6.05. The van der Waals surface area contributed by atoms with Crippen molar-refractivity contribution in [3.63, 3.8) is 0 Å². The zero-order valence-corrected chi connectivity index (χ0v) is 21.7. The lowest BCUT2D eigenvalue weighted by molar-refractivity contribution is 0.117. The van der Waals surface area contributed by atoms with E-state index in [0.29, 0.717) is 12.6 Å². The van der Waals surface area contributed by atoms with Gasteiger partial charge in [-0.05, 0) is 54.2 Å². The molecule has 5 heteroatoms. The fourth-order valence-electron chi connectivity index (χ4n) is 5.67. The summed E-state index contributed by atoms with van der Waals surface area (Å²) in [4.78, 5) is 9.81. The number of aryl methyl sites for hydroxylation is 3. The molecular weight excluding hydrogens is 462 g/mol. The second-order valence-corrected chi connectivity index (χ2v) is 11.0. The molecule has 1 aliphatic carbocycles. The van der Waals surface area contributed by atoms with Gasteiger partial charge in [0.15, 0.2) is 0 Å². The minimum Gasteiger partial charge on any atom is -0.488 e. The van der Waals surface area contributed by atoms with E-state index in [9.17, 15) is 0 Å². The van der Waals surface area contributed by atoms with Gasteiger partial charge in [0, 0.05) is 32.7 Å². The normalized spacial score (nSPS) is 17.2. The van der Waals surface area contributed by atoms with Gasteiger partial charge in [-0.25, -0.2) is 4.98 Å². The number of hydrogen-bond donors (Lipinski definition) is 0. The van der Waals surface area contributed by atoms with Crippen LogP contribution in [0.1, 0.15) is 33.3 Å². The van der Waals surface area contributed by atoms with Gasteiger partial charge in [-0.15, -0.1) is 11.3 Å². The molecular formula is C31H33N3OS. The third-order valence-electron chi connectivity index (χ3n) is 7.49. The highest BCUT2D eigenvalue weighted by Crippen LogP contribution is 2.37. The first-order chi connectivity index (χ1) is 17.8. The highest BCUT2D eigenvalue weighted by Gasteiger charge is 2.30. The Hall–Kier alpha value is -2.99. The molecule has 4 aromatic rings. The third kappa shape index (κ3) is 4.83. The number of hydrogen-bond acceptors (Lipinski definition) is 5. The van der Waals surface area contributed by atoms with Crippen molar-refractivity contribution in [2.24, 2.45) is 0 Å². The SMILES string of the molecule is Cc1nc2cccc(OCC=CCN3CCN(C4c5ccccc5CCc5ccccc54)CC3)c2s1. The predicted molar refractivity (Wildman–Crippen MR) is 149 cm³/mol. The van der Waals surface area contributed by atoms with Crippen molar-refractivity contribution in [2.45, 2.75) is 25.8 Å². The molecule has 0 bridgehead atoms. The molecule has 6 rings (SSSR count). The molecule has 0 atom stereocenters. The number of nitrogens with zero attached hydrogens (tertiary/aromatic N) is 3. The van der Waals surface area contributed by atoms with Crippen LogP contribution in [0.2, 0.25) is 0 Å². The number of ether oxygens (including phenoxy) is 1. The van der Waals surface area contributed by atoms with Gasteiger partial charge in [-0.1, -0.05) is 66.7 Å². The second kappa shape index (κ2) is 10.6. The number of aromatic nitrogens is 1. The third-order valence-corrected chi connectivity index (χ3v) is 8.49. The van der Waals surface area contributed by atoms with Crippen LogP contribution >= 0.6 is 11.3 Å². The fourth-order valence-corrected chi connectivity index (χ4v) is 6.56. The average Bonchev–Trinajstić information content (AvgIpc) is 3.22. The summed E-state index contributed by atoms with van der Waals surface area (Å²) >= 11 is 1.70. The summed E-state index contributed by atoms with van der Waals surface area (Å²) < 4.78 is 7.19. The first kappa shape index (κ1) is 23.4. The molecule has 3 aromatic carbocycles.